The summed E-state index contributed by atoms with van der Waals surface area (Å²) in [5.41, 5.74) is 0. The number of unbranched alkanes of at least 4 members (excludes halogenated alkanes) is 12. The molecule has 0 spiro atoms. The van der Waals surface area contributed by atoms with Crippen LogP contribution in [0.1, 0.15) is 119 Å². The first kappa shape index (κ1) is 36.7. The third-order valence-electron chi connectivity index (χ3n) is 4.12. The van der Waals surface area contributed by atoms with E-state index in [1.807, 2.05) is 0 Å². The number of hydrogen-bond donors (Lipinski definition) is 3. The molecule has 0 aliphatic heterocycles. The summed E-state index contributed by atoms with van der Waals surface area (Å²) >= 11 is 0. The average Bonchev–Trinajstić information content (AvgIpc) is 2.64. The molecular formula is C21H47NaO6S. The van der Waals surface area contributed by atoms with Gasteiger partial charge in [-0.1, -0.05) is 90.9 Å². The van der Waals surface area contributed by atoms with Crippen LogP contribution in [-0.4, -0.2) is 41.5 Å². The van der Waals surface area contributed by atoms with E-state index in [9.17, 15) is 13.2 Å². The molecule has 8 heteroatoms. The van der Waals surface area contributed by atoms with Gasteiger partial charge >= 0.3 is 35.5 Å². The van der Waals surface area contributed by atoms with Gasteiger partial charge in [0.25, 0.3) is 10.1 Å². The van der Waals surface area contributed by atoms with E-state index in [2.05, 4.69) is 13.8 Å². The molecule has 0 saturated carbocycles. The van der Waals surface area contributed by atoms with Gasteiger partial charge in [0, 0.05) is 13.0 Å². The molecule has 0 aromatic carbocycles. The Labute approximate surface area is 203 Å². The van der Waals surface area contributed by atoms with E-state index in [0.29, 0.717) is 13.0 Å². The van der Waals surface area contributed by atoms with E-state index in [0.717, 1.165) is 25.7 Å². The minimum Gasteiger partial charge on any atom is -1.00 e. The normalized spacial score (nSPS) is 10.1. The quantitative estimate of drug-likeness (QED) is 0.189. The molecule has 3 N–H and O–H groups in total. The van der Waals surface area contributed by atoms with Gasteiger partial charge in [0.05, 0.1) is 5.75 Å². The van der Waals surface area contributed by atoms with Crippen LogP contribution >= 0.6 is 0 Å². The molecule has 0 radical (unpaired) electrons. The number of hydrogen-bond acceptors (Lipinski definition) is 4. The summed E-state index contributed by atoms with van der Waals surface area (Å²) in [7, 11) is -3.66. The van der Waals surface area contributed by atoms with Gasteiger partial charge in [0.2, 0.25) is 0 Å². The van der Waals surface area contributed by atoms with Gasteiger partial charge in [-0.15, -0.1) is 0 Å². The zero-order chi connectivity index (χ0) is 22.1. The number of carboxylic acids is 1. The molecule has 0 aromatic heterocycles. The summed E-state index contributed by atoms with van der Waals surface area (Å²) in [6.07, 6.45) is 17.7. The molecule has 29 heavy (non-hydrogen) atoms. The monoisotopic (exact) mass is 450 g/mol. The minimum atomic E-state index is -3.66. The largest absolute Gasteiger partial charge is 1.00 e. The van der Waals surface area contributed by atoms with Gasteiger partial charge in [-0.05, 0) is 19.8 Å². The summed E-state index contributed by atoms with van der Waals surface area (Å²) in [4.78, 5) is 10.3. The van der Waals surface area contributed by atoms with E-state index in [1.165, 1.54) is 71.1 Å². The van der Waals surface area contributed by atoms with E-state index in [-0.39, 0.29) is 36.7 Å². The molecule has 0 amide bonds. The Morgan fingerprint density at radius 2 is 1.03 bits per heavy atom. The van der Waals surface area contributed by atoms with Crippen molar-refractivity contribution >= 4 is 16.1 Å². The predicted octanol–water partition coefficient (Wildman–Crippen LogP) is 2.95. The Morgan fingerprint density at radius 1 is 0.724 bits per heavy atom. The first-order valence-corrected chi connectivity index (χ1v) is 12.6. The van der Waals surface area contributed by atoms with E-state index in [4.69, 9.17) is 14.8 Å². The number of aliphatic carboxylic acids is 1. The Bertz CT molecular complexity index is 404. The first-order chi connectivity index (χ1) is 13.2. The van der Waals surface area contributed by atoms with Gasteiger partial charge < -0.3 is 11.6 Å². The average molecular weight is 451 g/mol. The number of rotatable bonds is 16. The van der Waals surface area contributed by atoms with Crippen molar-refractivity contribution in [1.82, 2.24) is 0 Å². The second-order valence-corrected chi connectivity index (χ2v) is 8.72. The second-order valence-electron chi connectivity index (χ2n) is 6.98. The number of aliphatic hydroxyl groups excluding tert-OH is 1. The van der Waals surface area contributed by atoms with Gasteiger partial charge in [-0.3, -0.25) is 9.35 Å². The van der Waals surface area contributed by atoms with Gasteiger partial charge in [0.15, 0.2) is 0 Å². The van der Waals surface area contributed by atoms with Crippen LogP contribution in [0.3, 0.4) is 0 Å². The fraction of sp³-hybridized carbons (Fsp3) is 0.952. The number of carboxylic acid groups (broad SMARTS) is 1. The second kappa shape index (κ2) is 30.5. The molecule has 174 valence electrons. The molecular weight excluding hydrogens is 403 g/mol. The smallest absolute Gasteiger partial charge is 1.00 e. The summed E-state index contributed by atoms with van der Waals surface area (Å²) in [5, 5.41) is 16.7. The van der Waals surface area contributed by atoms with Crippen molar-refractivity contribution in [3.05, 3.63) is 0 Å². The van der Waals surface area contributed by atoms with Crippen LogP contribution < -0.4 is 29.6 Å². The minimum absolute atomic E-state index is 0. The SMILES string of the molecule is CCCCCCCCCCCCCC(=O)O.CCCCCO.CCS(=O)(=O)O.[H-].[Na+]. The fourth-order valence-corrected chi connectivity index (χ4v) is 2.30. The Kier molecular flexibility index (Phi) is 38.6. The summed E-state index contributed by atoms with van der Waals surface area (Å²) in [6.45, 7) is 6.09. The van der Waals surface area contributed by atoms with Crippen LogP contribution in [0.25, 0.3) is 0 Å². The Balaban J connectivity index is -0.000000124. The van der Waals surface area contributed by atoms with Crippen LogP contribution in [0.15, 0.2) is 0 Å². The maximum Gasteiger partial charge on any atom is 1.00 e. The predicted molar refractivity (Wildman–Crippen MR) is 119 cm³/mol. The molecule has 0 rings (SSSR count). The summed E-state index contributed by atoms with van der Waals surface area (Å²) in [5.74, 6) is -0.858. The van der Waals surface area contributed by atoms with E-state index in [1.54, 1.807) is 0 Å². The maximum absolute atomic E-state index is 10.3. The molecule has 0 fully saturated rings. The number of carbonyl (C=O) groups is 1. The van der Waals surface area contributed by atoms with E-state index >= 15 is 0 Å². The summed E-state index contributed by atoms with van der Waals surface area (Å²) < 4.78 is 26.9. The Hall–Kier alpha value is 0.340. The van der Waals surface area contributed by atoms with Crippen molar-refractivity contribution < 1.29 is 59.0 Å². The van der Waals surface area contributed by atoms with Crippen molar-refractivity contribution in [3.63, 3.8) is 0 Å². The van der Waals surface area contributed by atoms with E-state index < -0.39 is 16.1 Å². The topological polar surface area (TPSA) is 112 Å². The van der Waals surface area contributed by atoms with Crippen LogP contribution in [-0.2, 0) is 14.9 Å². The molecule has 0 bridgehead atoms. The zero-order valence-corrected chi connectivity index (χ0v) is 22.3. The van der Waals surface area contributed by atoms with Crippen LogP contribution in [0.2, 0.25) is 0 Å². The number of aliphatic hydroxyl groups is 1. The molecule has 0 heterocycles. The van der Waals surface area contributed by atoms with Gasteiger partial charge in [0.1, 0.15) is 0 Å². The summed E-state index contributed by atoms with van der Waals surface area (Å²) in [6, 6.07) is 0. The third-order valence-corrected chi connectivity index (χ3v) is 4.85. The van der Waals surface area contributed by atoms with Crippen molar-refractivity contribution in [1.29, 1.82) is 0 Å². The van der Waals surface area contributed by atoms with Crippen LogP contribution in [0, 0.1) is 0 Å². The van der Waals surface area contributed by atoms with Crippen LogP contribution in [0.5, 0.6) is 0 Å². The van der Waals surface area contributed by atoms with Gasteiger partial charge in [-0.25, -0.2) is 0 Å². The third kappa shape index (κ3) is 52.6. The molecule has 0 aliphatic rings. The van der Waals surface area contributed by atoms with Crippen LogP contribution in [0.4, 0.5) is 0 Å². The Morgan fingerprint density at radius 3 is 1.28 bits per heavy atom. The molecule has 0 atom stereocenters. The van der Waals surface area contributed by atoms with Crippen molar-refractivity contribution in [3.8, 4) is 0 Å². The maximum atomic E-state index is 10.3. The van der Waals surface area contributed by atoms with Gasteiger partial charge in [-0.2, -0.15) is 8.42 Å². The van der Waals surface area contributed by atoms with Crippen molar-refractivity contribution in [2.24, 2.45) is 0 Å². The molecule has 0 aromatic rings. The molecule has 0 aliphatic carbocycles. The fourth-order valence-electron chi connectivity index (χ4n) is 2.30. The standard InChI is InChI=1S/C14H28O2.C5H12O.C2H6O3S.Na.H/c1-2-3-4-5-6-7-8-9-10-11-12-13-14(15)16;1-2-3-4-5-6;1-2-6(3,4)5;;/h2-13H2,1H3,(H,15,16);6H,2-5H2,1H3;2H2,1H3,(H,3,4,5);;/q;;;+1;-1. The van der Waals surface area contributed by atoms with Crippen molar-refractivity contribution in [2.75, 3.05) is 12.4 Å². The molecule has 6 nitrogen and oxygen atoms in total. The molecule has 0 saturated heterocycles. The zero-order valence-electron chi connectivity index (χ0n) is 20.5. The van der Waals surface area contributed by atoms with Crippen molar-refractivity contribution in [2.45, 2.75) is 117 Å². The molecule has 0 unspecified atom stereocenters. The first-order valence-electron chi connectivity index (χ1n) is 11.0.